The van der Waals surface area contributed by atoms with Crippen LogP contribution in [0.5, 0.6) is 46.0 Å². The third kappa shape index (κ3) is 11.1. The number of rotatable bonds is 28. The largest absolute Gasteiger partial charge is 0.456 e. The van der Waals surface area contributed by atoms with Crippen molar-refractivity contribution in [2.75, 3.05) is 27.2 Å². The molecule has 76 heavy (non-hydrogen) atoms. The van der Waals surface area contributed by atoms with Crippen molar-refractivity contribution in [3.63, 3.8) is 0 Å². The summed E-state index contributed by atoms with van der Waals surface area (Å²) < 4.78 is 53.1. The first-order chi connectivity index (χ1) is 37.5. The fraction of sp³-hybridized carbons (Fsp3) is 0.562. The van der Waals surface area contributed by atoms with Crippen LogP contribution >= 0.6 is 0 Å². The monoisotopic (exact) mass is 1040 g/mol. The van der Waals surface area contributed by atoms with Gasteiger partial charge >= 0.3 is 0 Å². The molecule has 0 radical (unpaired) electrons. The van der Waals surface area contributed by atoms with E-state index >= 15 is 0 Å². The topological polar surface area (TPSA) is 142 Å². The smallest absolute Gasteiger partial charge is 0.230 e. The number of benzene rings is 4. The summed E-state index contributed by atoms with van der Waals surface area (Å²) in [5, 5.41) is 0. The maximum atomic E-state index is 14.0. The number of hydrogen-bond donors (Lipinski definition) is 0. The Morgan fingerprint density at radius 1 is 0.289 bits per heavy atom. The predicted octanol–water partition coefficient (Wildman–Crippen LogP) is 16.1. The van der Waals surface area contributed by atoms with Crippen molar-refractivity contribution < 1.29 is 57.1 Å². The Balaban J connectivity index is 1.43. The minimum atomic E-state index is -0.415. The van der Waals surface area contributed by atoms with Crippen LogP contribution in [0.25, 0.3) is 0 Å². The molecule has 0 unspecified atom stereocenters. The molecular weight excluding hydrogens is 961 g/mol. The minimum absolute atomic E-state index is 0.268. The van der Waals surface area contributed by atoms with E-state index < -0.39 is 23.7 Å². The lowest BCUT2D eigenvalue weighted by Gasteiger charge is -2.36. The predicted molar refractivity (Wildman–Crippen MR) is 293 cm³/mol. The van der Waals surface area contributed by atoms with Crippen molar-refractivity contribution in [3.05, 3.63) is 91.0 Å². The minimum Gasteiger partial charge on any atom is -0.456 e. The quantitative estimate of drug-likeness (QED) is 0.0395. The maximum absolute atomic E-state index is 14.0. The summed E-state index contributed by atoms with van der Waals surface area (Å²) in [6, 6.07) is 8.76. The Bertz CT molecular complexity index is 2220. The molecule has 4 heterocycles. The number of carbonyl (C=O) groups excluding carboxylic acids is 4. The molecule has 12 heteroatoms. The van der Waals surface area contributed by atoms with Gasteiger partial charge < -0.3 is 37.9 Å². The number of aldehydes is 4. The van der Waals surface area contributed by atoms with Gasteiger partial charge in [0.2, 0.25) is 27.2 Å². The summed E-state index contributed by atoms with van der Waals surface area (Å²) in [5.74, 6) is 1.34. The summed E-state index contributed by atoms with van der Waals surface area (Å²) in [6.45, 7) is 7.64. The van der Waals surface area contributed by atoms with E-state index in [4.69, 9.17) is 37.9 Å². The molecule has 4 aromatic rings. The van der Waals surface area contributed by atoms with Crippen molar-refractivity contribution in [1.29, 1.82) is 0 Å². The summed E-state index contributed by atoms with van der Waals surface area (Å²) in [4.78, 5) is 55.8. The van der Waals surface area contributed by atoms with Crippen LogP contribution in [0.15, 0.2) is 24.3 Å². The number of hydrogen-bond acceptors (Lipinski definition) is 12. The van der Waals surface area contributed by atoms with Gasteiger partial charge in [0.05, 0.1) is 22.3 Å². The second kappa shape index (κ2) is 26.3. The number of unbranched alkanes of at least 4 members (excludes halogenated alkanes) is 16. The molecule has 0 saturated heterocycles. The van der Waals surface area contributed by atoms with E-state index in [-0.39, 0.29) is 49.4 Å². The molecule has 0 amide bonds. The van der Waals surface area contributed by atoms with Crippen LogP contribution in [0.3, 0.4) is 0 Å². The highest BCUT2D eigenvalue weighted by molar-refractivity contribution is 5.91. The van der Waals surface area contributed by atoms with Gasteiger partial charge in [-0.25, -0.2) is 0 Å². The van der Waals surface area contributed by atoms with E-state index in [1.165, 1.54) is 0 Å². The zero-order chi connectivity index (χ0) is 53.0. The zero-order valence-corrected chi connectivity index (χ0v) is 45.6. The number of ether oxygens (including phenoxy) is 8. The third-order valence-corrected chi connectivity index (χ3v) is 16.8. The van der Waals surface area contributed by atoms with Crippen molar-refractivity contribution >= 4 is 25.1 Å². The number of carbonyl (C=O) groups is 4. The Hall–Kier alpha value is -6.04. The summed E-state index contributed by atoms with van der Waals surface area (Å²) >= 11 is 0. The van der Waals surface area contributed by atoms with Gasteiger partial charge in [0.25, 0.3) is 0 Å². The molecule has 5 aliphatic rings. The normalized spacial score (nSPS) is 18.3. The summed E-state index contributed by atoms with van der Waals surface area (Å²) in [7, 11) is 0. The molecule has 12 nitrogen and oxygen atoms in total. The maximum Gasteiger partial charge on any atom is 0.230 e. The van der Waals surface area contributed by atoms with E-state index in [1.54, 1.807) is 0 Å². The lowest BCUT2D eigenvalue weighted by molar-refractivity contribution is 0.0913. The van der Waals surface area contributed by atoms with Gasteiger partial charge in [-0.2, -0.15) is 0 Å². The van der Waals surface area contributed by atoms with Crippen molar-refractivity contribution in [1.82, 2.24) is 0 Å². The van der Waals surface area contributed by atoms with E-state index in [9.17, 15) is 19.2 Å². The van der Waals surface area contributed by atoms with Crippen molar-refractivity contribution in [2.45, 2.75) is 205 Å². The van der Waals surface area contributed by atoms with Crippen LogP contribution in [0.4, 0.5) is 0 Å². The van der Waals surface area contributed by atoms with Gasteiger partial charge in [-0.05, 0) is 49.9 Å². The molecule has 8 bridgehead atoms. The van der Waals surface area contributed by atoms with Gasteiger partial charge in [-0.15, -0.1) is 0 Å². The van der Waals surface area contributed by atoms with Gasteiger partial charge in [0.1, 0.15) is 46.0 Å². The van der Waals surface area contributed by atoms with Crippen LogP contribution in [-0.4, -0.2) is 52.3 Å². The van der Waals surface area contributed by atoms with Crippen LogP contribution < -0.4 is 37.9 Å². The van der Waals surface area contributed by atoms with Crippen molar-refractivity contribution in [3.8, 4) is 46.0 Å². The fourth-order valence-electron chi connectivity index (χ4n) is 12.9. The molecule has 9 rings (SSSR count). The van der Waals surface area contributed by atoms with Gasteiger partial charge in [0.15, 0.2) is 25.1 Å². The van der Waals surface area contributed by atoms with E-state index in [0.717, 1.165) is 198 Å². The zero-order valence-electron chi connectivity index (χ0n) is 45.6. The molecule has 0 fully saturated rings. The second-order valence-corrected chi connectivity index (χ2v) is 21.6. The molecule has 4 aliphatic heterocycles. The second-order valence-electron chi connectivity index (χ2n) is 21.6. The molecular formula is C64H80O12. The molecule has 0 spiro atoms. The average molecular weight is 1040 g/mol. The first kappa shape index (κ1) is 54.7. The highest BCUT2D eigenvalue weighted by Crippen LogP contribution is 2.58. The van der Waals surface area contributed by atoms with Crippen LogP contribution in [0.1, 0.15) is 291 Å². The van der Waals surface area contributed by atoms with Crippen LogP contribution in [-0.2, 0) is 0 Å². The Morgan fingerprint density at radius 2 is 0.461 bits per heavy atom. The molecule has 0 aromatic heterocycles. The molecule has 0 atom stereocenters. The van der Waals surface area contributed by atoms with Crippen LogP contribution in [0.2, 0.25) is 0 Å². The average Bonchev–Trinajstić information content (AvgIpc) is 3.41. The summed E-state index contributed by atoms with van der Waals surface area (Å²) in [5.41, 5.74) is 7.53. The highest BCUT2D eigenvalue weighted by Gasteiger charge is 2.41. The van der Waals surface area contributed by atoms with E-state index in [1.807, 2.05) is 0 Å². The highest BCUT2D eigenvalue weighted by atomic mass is 16.7. The standard InChI is InChI=1S/C64H80O12/c1-5-9-13-17-21-25-41-45-29-47-42(26-22-18-14-10-6-2)49-31-51-44(28-24-20-16-12-8-4)52-32-50-43(27-23-19-15-11-7-3)48-30-46(41)58-54(34-66)60(48)72-39-74-62(50)56(36-68)64(52)76-40-75-63(51)55(35-67)61(49)73-38-71-59(47)53(33-65)57(45)69-37-70-58/h29-36,41-44H,5-28,37-40H2,1-4H3. The van der Waals surface area contributed by atoms with Crippen LogP contribution in [0, 0.1) is 0 Å². The molecule has 408 valence electrons. The van der Waals surface area contributed by atoms with Crippen molar-refractivity contribution in [2.24, 2.45) is 0 Å². The molecule has 0 N–H and O–H groups in total. The van der Waals surface area contributed by atoms with Gasteiger partial charge in [0, 0.05) is 68.2 Å². The lowest BCUT2D eigenvalue weighted by atomic mass is 9.74. The third-order valence-electron chi connectivity index (χ3n) is 16.8. The molecule has 0 saturated carbocycles. The molecule has 1 aliphatic carbocycles. The summed E-state index contributed by atoms with van der Waals surface area (Å²) in [6.07, 6.45) is 26.4. The van der Waals surface area contributed by atoms with E-state index in [2.05, 4.69) is 52.0 Å². The first-order valence-corrected chi connectivity index (χ1v) is 29.1. The Kier molecular flexibility index (Phi) is 19.0. The SMILES string of the molecule is CCCCCCCC1c2cc3c4c(C=O)c2OCOc2c1cc1c(c2C=O)OCOc2c(cc5c(c2C=O)OCOc2c(cc(c(c2C=O)OCO4)C3CCCCCCC)C5CCCCCCC)C1CCCCCCC. The lowest BCUT2D eigenvalue weighted by Crippen LogP contribution is -2.25. The Labute approximate surface area is 450 Å². The first-order valence-electron chi connectivity index (χ1n) is 29.1. The molecule has 4 aromatic carbocycles. The Morgan fingerprint density at radius 3 is 0.618 bits per heavy atom. The van der Waals surface area contributed by atoms with Gasteiger partial charge in [-0.1, -0.05) is 156 Å². The van der Waals surface area contributed by atoms with Gasteiger partial charge in [-0.3, -0.25) is 19.2 Å². The fourth-order valence-corrected chi connectivity index (χ4v) is 12.9. The van der Waals surface area contributed by atoms with E-state index in [0.29, 0.717) is 71.7 Å².